The highest BCUT2D eigenvalue weighted by Crippen LogP contribution is 2.23. The molecule has 0 bridgehead atoms. The highest BCUT2D eigenvalue weighted by atomic mass is 32.2. The lowest BCUT2D eigenvalue weighted by Crippen LogP contribution is -2.53. The summed E-state index contributed by atoms with van der Waals surface area (Å²) >= 11 is 0. The van der Waals surface area contributed by atoms with Crippen LogP contribution >= 0.6 is 0 Å². The van der Waals surface area contributed by atoms with E-state index in [9.17, 15) is 13.2 Å². The van der Waals surface area contributed by atoms with Crippen LogP contribution in [-0.2, 0) is 19.6 Å². The molecule has 122 valence electrons. The first kappa shape index (κ1) is 16.7. The van der Waals surface area contributed by atoms with Gasteiger partial charge >= 0.3 is 0 Å². The van der Waals surface area contributed by atoms with Crippen molar-refractivity contribution in [2.75, 3.05) is 39.1 Å². The van der Waals surface area contributed by atoms with Crippen LogP contribution in [0.4, 0.5) is 0 Å². The number of sulfonamides is 1. The molecular weight excluding hydrogens is 292 g/mol. The normalized spacial score (nSPS) is 27.7. The average Bonchev–Trinajstić information content (AvgIpc) is 2.96. The van der Waals surface area contributed by atoms with E-state index in [1.165, 1.54) is 10.6 Å². The molecule has 2 heterocycles. The first-order valence-corrected chi connectivity index (χ1v) is 9.61. The van der Waals surface area contributed by atoms with E-state index in [0.29, 0.717) is 38.6 Å². The number of rotatable bonds is 5. The fourth-order valence-electron chi connectivity index (χ4n) is 3.17. The van der Waals surface area contributed by atoms with Gasteiger partial charge in [-0.2, -0.15) is 4.31 Å². The highest BCUT2D eigenvalue weighted by molar-refractivity contribution is 7.88. The Morgan fingerprint density at radius 3 is 2.67 bits per heavy atom. The molecule has 0 spiro atoms. The fourth-order valence-corrected chi connectivity index (χ4v) is 4.29. The van der Waals surface area contributed by atoms with E-state index in [1.807, 2.05) is 6.92 Å². The second-order valence-electron chi connectivity index (χ2n) is 5.99. The van der Waals surface area contributed by atoms with Gasteiger partial charge < -0.3 is 9.64 Å². The van der Waals surface area contributed by atoms with Gasteiger partial charge in [0.15, 0.2) is 0 Å². The van der Waals surface area contributed by atoms with Crippen LogP contribution in [0.25, 0.3) is 0 Å². The Bertz CT molecular complexity index is 460. The number of hydrogen-bond acceptors (Lipinski definition) is 4. The van der Waals surface area contributed by atoms with Crippen LogP contribution in [0.1, 0.15) is 32.6 Å². The number of ether oxygens (including phenoxy) is 1. The molecule has 2 atom stereocenters. The molecule has 0 N–H and O–H groups in total. The first-order valence-electron chi connectivity index (χ1n) is 7.76. The standard InChI is InChI=1S/C14H26N2O4S/c1-3-15(10-12-7-9-20-11-12)14(17)13-6-4-5-8-16(13)21(2,18)19/h12-13H,3-11H2,1-2H3/t12-,13-/m1/s1. The van der Waals surface area contributed by atoms with Crippen LogP contribution in [0.2, 0.25) is 0 Å². The minimum Gasteiger partial charge on any atom is -0.381 e. The Morgan fingerprint density at radius 2 is 2.10 bits per heavy atom. The highest BCUT2D eigenvalue weighted by Gasteiger charge is 2.37. The molecule has 6 nitrogen and oxygen atoms in total. The van der Waals surface area contributed by atoms with Crippen LogP contribution in [0.15, 0.2) is 0 Å². The summed E-state index contributed by atoms with van der Waals surface area (Å²) in [5.74, 6) is 0.332. The molecule has 0 aromatic carbocycles. The second-order valence-corrected chi connectivity index (χ2v) is 7.93. The minimum absolute atomic E-state index is 0.0467. The van der Waals surface area contributed by atoms with E-state index < -0.39 is 16.1 Å². The Hall–Kier alpha value is -0.660. The van der Waals surface area contributed by atoms with Crippen molar-refractivity contribution in [1.29, 1.82) is 0 Å². The lowest BCUT2D eigenvalue weighted by Gasteiger charge is -2.36. The minimum atomic E-state index is -3.33. The van der Waals surface area contributed by atoms with Gasteiger partial charge in [-0.15, -0.1) is 0 Å². The van der Waals surface area contributed by atoms with Gasteiger partial charge in [-0.3, -0.25) is 4.79 Å². The molecule has 2 aliphatic heterocycles. The number of hydrogen-bond donors (Lipinski definition) is 0. The van der Waals surface area contributed by atoms with E-state index in [0.717, 1.165) is 25.9 Å². The third-order valence-electron chi connectivity index (χ3n) is 4.36. The van der Waals surface area contributed by atoms with Crippen molar-refractivity contribution in [1.82, 2.24) is 9.21 Å². The third-order valence-corrected chi connectivity index (χ3v) is 5.65. The lowest BCUT2D eigenvalue weighted by molar-refractivity contribution is -0.136. The molecule has 0 radical (unpaired) electrons. The monoisotopic (exact) mass is 318 g/mol. The number of carbonyl (C=O) groups is 1. The van der Waals surface area contributed by atoms with Crippen molar-refractivity contribution in [2.45, 2.75) is 38.6 Å². The van der Waals surface area contributed by atoms with Crippen molar-refractivity contribution in [3.63, 3.8) is 0 Å². The number of amides is 1. The predicted octanol–water partition coefficient (Wildman–Crippen LogP) is 0.686. The van der Waals surface area contributed by atoms with Crippen molar-refractivity contribution < 1.29 is 17.9 Å². The fraction of sp³-hybridized carbons (Fsp3) is 0.929. The van der Waals surface area contributed by atoms with Gasteiger partial charge in [0, 0.05) is 32.2 Å². The zero-order chi connectivity index (χ0) is 15.5. The molecule has 2 aliphatic rings. The summed E-state index contributed by atoms with van der Waals surface area (Å²) in [6, 6.07) is -0.518. The maximum Gasteiger partial charge on any atom is 0.241 e. The predicted molar refractivity (Wildman–Crippen MR) is 80.4 cm³/mol. The van der Waals surface area contributed by atoms with E-state index in [1.54, 1.807) is 4.90 Å². The summed E-state index contributed by atoms with van der Waals surface area (Å²) in [6.45, 7) is 5.15. The van der Waals surface area contributed by atoms with E-state index in [4.69, 9.17) is 4.74 Å². The van der Waals surface area contributed by atoms with Crippen molar-refractivity contribution in [3.05, 3.63) is 0 Å². The molecular formula is C14H26N2O4S. The number of carbonyl (C=O) groups excluding carboxylic acids is 1. The maximum absolute atomic E-state index is 12.8. The average molecular weight is 318 g/mol. The first-order chi connectivity index (χ1) is 9.93. The van der Waals surface area contributed by atoms with Crippen molar-refractivity contribution in [3.8, 4) is 0 Å². The largest absolute Gasteiger partial charge is 0.381 e. The van der Waals surface area contributed by atoms with Crippen LogP contribution in [0, 0.1) is 5.92 Å². The molecule has 2 fully saturated rings. The molecule has 1 amide bonds. The summed E-state index contributed by atoms with van der Waals surface area (Å²) in [6.07, 6.45) is 4.54. The van der Waals surface area contributed by atoms with Gasteiger partial charge in [0.05, 0.1) is 12.9 Å². The molecule has 0 saturated carbocycles. The number of likely N-dealkylation sites (N-methyl/N-ethyl adjacent to an activating group) is 1. The Labute approximate surface area is 127 Å². The van der Waals surface area contributed by atoms with Gasteiger partial charge in [0.1, 0.15) is 6.04 Å². The Balaban J connectivity index is 2.06. The van der Waals surface area contributed by atoms with Crippen LogP contribution < -0.4 is 0 Å². The van der Waals surface area contributed by atoms with Gasteiger partial charge in [-0.05, 0) is 26.2 Å². The zero-order valence-corrected chi connectivity index (χ0v) is 13.8. The SMILES string of the molecule is CCN(C[C@H]1CCOC1)C(=O)[C@H]1CCCCN1S(C)(=O)=O. The van der Waals surface area contributed by atoms with Gasteiger partial charge in [-0.1, -0.05) is 6.42 Å². The summed E-state index contributed by atoms with van der Waals surface area (Å²) < 4.78 is 30.5. The van der Waals surface area contributed by atoms with E-state index >= 15 is 0 Å². The quantitative estimate of drug-likeness (QED) is 0.748. The molecule has 7 heteroatoms. The Morgan fingerprint density at radius 1 is 1.33 bits per heavy atom. The summed E-state index contributed by atoms with van der Waals surface area (Å²) in [5, 5.41) is 0. The van der Waals surface area contributed by atoms with Crippen molar-refractivity contribution >= 4 is 15.9 Å². The van der Waals surface area contributed by atoms with Gasteiger partial charge in [0.25, 0.3) is 0 Å². The smallest absolute Gasteiger partial charge is 0.241 e. The Kier molecular flexibility index (Phi) is 5.62. The van der Waals surface area contributed by atoms with Crippen molar-refractivity contribution in [2.24, 2.45) is 5.92 Å². The molecule has 2 saturated heterocycles. The van der Waals surface area contributed by atoms with Crippen LogP contribution in [0.5, 0.6) is 0 Å². The molecule has 2 rings (SSSR count). The lowest BCUT2D eigenvalue weighted by atomic mass is 10.0. The molecule has 0 aliphatic carbocycles. The van der Waals surface area contributed by atoms with Gasteiger partial charge in [0.2, 0.25) is 15.9 Å². The maximum atomic E-state index is 12.8. The van der Waals surface area contributed by atoms with E-state index in [2.05, 4.69) is 0 Å². The van der Waals surface area contributed by atoms with Crippen LogP contribution in [0.3, 0.4) is 0 Å². The zero-order valence-electron chi connectivity index (χ0n) is 13.0. The molecule has 0 unspecified atom stereocenters. The second kappa shape index (κ2) is 7.07. The molecule has 0 aromatic heterocycles. The number of nitrogens with zero attached hydrogens (tertiary/aromatic N) is 2. The molecule has 0 aromatic rings. The van der Waals surface area contributed by atoms with Crippen LogP contribution in [-0.4, -0.2) is 68.7 Å². The van der Waals surface area contributed by atoms with E-state index in [-0.39, 0.29) is 5.91 Å². The van der Waals surface area contributed by atoms with Gasteiger partial charge in [-0.25, -0.2) is 8.42 Å². The summed E-state index contributed by atoms with van der Waals surface area (Å²) in [4.78, 5) is 14.6. The third kappa shape index (κ3) is 4.17. The molecule has 21 heavy (non-hydrogen) atoms. The number of piperidine rings is 1. The summed E-state index contributed by atoms with van der Waals surface area (Å²) in [7, 11) is -3.33. The summed E-state index contributed by atoms with van der Waals surface area (Å²) in [5.41, 5.74) is 0. The topological polar surface area (TPSA) is 66.9 Å².